The van der Waals surface area contributed by atoms with E-state index in [1.807, 2.05) is 48.5 Å². The highest BCUT2D eigenvalue weighted by atomic mass is 79.9. The Kier molecular flexibility index (Phi) is 5.14. The third kappa shape index (κ3) is 3.72. The van der Waals surface area contributed by atoms with Gasteiger partial charge in [-0.3, -0.25) is 4.98 Å². The van der Waals surface area contributed by atoms with Crippen molar-refractivity contribution in [1.29, 1.82) is 0 Å². The van der Waals surface area contributed by atoms with Crippen LogP contribution in [0.5, 0.6) is 0 Å². The van der Waals surface area contributed by atoms with Crippen molar-refractivity contribution in [2.75, 3.05) is 6.61 Å². The number of nitrogens with zero attached hydrogens (tertiary/aromatic N) is 1. The molecule has 126 valence electrons. The molecule has 0 saturated heterocycles. The lowest BCUT2D eigenvalue weighted by atomic mass is 9.99. The zero-order chi connectivity index (χ0) is 17.8. The Balaban J connectivity index is 2.18. The number of aliphatic hydroxyl groups excluding tert-OH is 1. The molecule has 3 aromatic rings. The molecule has 1 N–H and O–H groups in total. The fourth-order valence-electron chi connectivity index (χ4n) is 2.59. The number of aliphatic hydroxyl groups is 1. The Morgan fingerprint density at radius 2 is 1.96 bits per heavy atom. The van der Waals surface area contributed by atoms with E-state index >= 15 is 0 Å². The first-order valence-corrected chi connectivity index (χ1v) is 8.61. The maximum Gasteiger partial charge on any atom is 0.373 e. The molecule has 0 aliphatic heterocycles. The predicted molar refractivity (Wildman–Crippen MR) is 102 cm³/mol. The summed E-state index contributed by atoms with van der Waals surface area (Å²) in [6, 6.07) is 15.8. The molecule has 3 rings (SSSR count). The number of carbonyl (C=O) groups is 1. The van der Waals surface area contributed by atoms with Crippen LogP contribution in [0.2, 0.25) is 0 Å². The molecular formula is C20H16BrNO3. The Hall–Kier alpha value is -2.66. The predicted octanol–water partition coefficient (Wildman–Crippen LogP) is 5.13. The molecule has 4 nitrogen and oxygen atoms in total. The Morgan fingerprint density at radius 1 is 1.20 bits per heavy atom. The highest BCUT2D eigenvalue weighted by Crippen LogP contribution is 2.32. The first-order chi connectivity index (χ1) is 12.1. The van der Waals surface area contributed by atoms with Crippen LogP contribution in [0.25, 0.3) is 28.0 Å². The van der Waals surface area contributed by atoms with Gasteiger partial charge in [0.15, 0.2) is 0 Å². The van der Waals surface area contributed by atoms with Gasteiger partial charge in [0.1, 0.15) is 0 Å². The summed E-state index contributed by atoms with van der Waals surface area (Å²) in [6.07, 6.45) is 3.08. The third-order valence-corrected chi connectivity index (χ3v) is 4.22. The number of fused-ring (bicyclic) bond motifs is 1. The normalized spacial score (nSPS) is 11.5. The van der Waals surface area contributed by atoms with Crippen molar-refractivity contribution < 1.29 is 14.6 Å². The zero-order valence-corrected chi connectivity index (χ0v) is 15.2. The molecule has 5 heteroatoms. The van der Waals surface area contributed by atoms with Crippen LogP contribution in [0.1, 0.15) is 12.6 Å². The van der Waals surface area contributed by atoms with Crippen molar-refractivity contribution in [2.24, 2.45) is 0 Å². The molecule has 0 atom stereocenters. The van der Waals surface area contributed by atoms with Gasteiger partial charge in [0.05, 0.1) is 12.3 Å². The quantitative estimate of drug-likeness (QED) is 0.376. The van der Waals surface area contributed by atoms with E-state index in [1.165, 1.54) is 6.08 Å². The van der Waals surface area contributed by atoms with Crippen molar-refractivity contribution >= 4 is 38.7 Å². The van der Waals surface area contributed by atoms with Gasteiger partial charge in [-0.15, -0.1) is 0 Å². The van der Waals surface area contributed by atoms with Gasteiger partial charge in [0, 0.05) is 27.7 Å². The van der Waals surface area contributed by atoms with Crippen LogP contribution in [0.15, 0.2) is 65.0 Å². The fourth-order valence-corrected chi connectivity index (χ4v) is 2.95. The summed E-state index contributed by atoms with van der Waals surface area (Å²) in [4.78, 5) is 16.1. The summed E-state index contributed by atoms with van der Waals surface area (Å²) in [5, 5.41) is 11.8. The van der Waals surface area contributed by atoms with E-state index in [0.717, 1.165) is 26.4 Å². The summed E-state index contributed by atoms with van der Waals surface area (Å²) in [6.45, 7) is 1.88. The van der Waals surface area contributed by atoms with Gasteiger partial charge in [-0.1, -0.05) is 52.3 Å². The van der Waals surface area contributed by atoms with Gasteiger partial charge in [-0.2, -0.15) is 0 Å². The standard InChI is InChI=1S/C20H16BrNO3/c1-2-25-20(24)19(23)11-18-16-10-14(21)8-9-15(16)17(12-22-18)13-6-4-3-5-7-13/h3-12,23H,2H2,1H3/b19-11-. The lowest BCUT2D eigenvalue weighted by molar-refractivity contribution is -0.141. The smallest absolute Gasteiger partial charge is 0.373 e. The third-order valence-electron chi connectivity index (χ3n) is 3.72. The van der Waals surface area contributed by atoms with Gasteiger partial charge in [-0.05, 0) is 30.0 Å². The Labute approximate surface area is 153 Å². The van der Waals surface area contributed by atoms with E-state index in [1.54, 1.807) is 13.1 Å². The Bertz CT molecular complexity index is 952. The summed E-state index contributed by atoms with van der Waals surface area (Å²) in [5.41, 5.74) is 2.53. The van der Waals surface area contributed by atoms with E-state index in [2.05, 4.69) is 20.9 Å². The molecule has 0 fully saturated rings. The van der Waals surface area contributed by atoms with Crippen LogP contribution in [-0.4, -0.2) is 22.7 Å². The average Bonchev–Trinajstić information content (AvgIpc) is 2.63. The van der Waals surface area contributed by atoms with Crippen LogP contribution < -0.4 is 0 Å². The largest absolute Gasteiger partial charge is 0.502 e. The van der Waals surface area contributed by atoms with E-state index in [9.17, 15) is 9.90 Å². The number of esters is 1. The highest BCUT2D eigenvalue weighted by molar-refractivity contribution is 9.10. The maximum absolute atomic E-state index is 11.7. The van der Waals surface area contributed by atoms with Gasteiger partial charge >= 0.3 is 5.97 Å². The van der Waals surface area contributed by atoms with Gasteiger partial charge in [0.2, 0.25) is 5.76 Å². The van der Waals surface area contributed by atoms with Gasteiger partial charge in [0.25, 0.3) is 0 Å². The number of hydrogen-bond acceptors (Lipinski definition) is 4. The topological polar surface area (TPSA) is 59.4 Å². The molecule has 25 heavy (non-hydrogen) atoms. The highest BCUT2D eigenvalue weighted by Gasteiger charge is 2.13. The minimum Gasteiger partial charge on any atom is -0.502 e. The molecule has 1 aromatic heterocycles. The molecule has 1 heterocycles. The van der Waals surface area contributed by atoms with Gasteiger partial charge in [-0.25, -0.2) is 4.79 Å². The van der Waals surface area contributed by atoms with Crippen molar-refractivity contribution in [3.63, 3.8) is 0 Å². The fraction of sp³-hybridized carbons (Fsp3) is 0.100. The molecule has 0 amide bonds. The molecule has 0 aliphatic rings. The molecule has 0 saturated carbocycles. The molecule has 0 unspecified atom stereocenters. The lowest BCUT2D eigenvalue weighted by Gasteiger charge is -2.10. The van der Waals surface area contributed by atoms with E-state index in [-0.39, 0.29) is 6.61 Å². The molecule has 0 bridgehead atoms. The molecule has 2 aromatic carbocycles. The van der Waals surface area contributed by atoms with Crippen molar-refractivity contribution in [3.05, 3.63) is 70.7 Å². The summed E-state index contributed by atoms with van der Waals surface area (Å²) >= 11 is 3.46. The first kappa shape index (κ1) is 17.2. The molecule has 0 aliphatic carbocycles. The van der Waals surface area contributed by atoms with Crippen LogP contribution in [0, 0.1) is 0 Å². The zero-order valence-electron chi connectivity index (χ0n) is 13.6. The van der Waals surface area contributed by atoms with Gasteiger partial charge < -0.3 is 9.84 Å². The number of ether oxygens (including phenoxy) is 1. The molecule has 0 radical (unpaired) electrons. The van der Waals surface area contributed by atoms with Crippen LogP contribution in [-0.2, 0) is 9.53 Å². The number of carbonyl (C=O) groups excluding carboxylic acids is 1. The minimum absolute atomic E-state index is 0.198. The number of aromatic nitrogens is 1. The van der Waals surface area contributed by atoms with Crippen LogP contribution in [0.3, 0.4) is 0 Å². The summed E-state index contributed by atoms with van der Waals surface area (Å²) < 4.78 is 5.70. The van der Waals surface area contributed by atoms with Crippen molar-refractivity contribution in [2.45, 2.75) is 6.92 Å². The number of pyridine rings is 1. The van der Waals surface area contributed by atoms with Crippen LogP contribution in [0.4, 0.5) is 0 Å². The lowest BCUT2D eigenvalue weighted by Crippen LogP contribution is -2.07. The number of benzene rings is 2. The molecule has 0 spiro atoms. The second-order valence-electron chi connectivity index (χ2n) is 5.36. The van der Waals surface area contributed by atoms with E-state index < -0.39 is 11.7 Å². The minimum atomic E-state index is -0.764. The summed E-state index contributed by atoms with van der Waals surface area (Å²) in [5.74, 6) is -1.23. The monoisotopic (exact) mass is 397 g/mol. The molecular weight excluding hydrogens is 382 g/mol. The second-order valence-corrected chi connectivity index (χ2v) is 6.28. The number of rotatable bonds is 4. The van der Waals surface area contributed by atoms with Crippen LogP contribution >= 0.6 is 15.9 Å². The second kappa shape index (κ2) is 7.49. The number of halogens is 1. The summed E-state index contributed by atoms with van der Waals surface area (Å²) in [7, 11) is 0. The van der Waals surface area contributed by atoms with E-state index in [4.69, 9.17) is 4.74 Å². The number of hydrogen-bond donors (Lipinski definition) is 1. The maximum atomic E-state index is 11.7. The Morgan fingerprint density at radius 3 is 2.68 bits per heavy atom. The average molecular weight is 398 g/mol. The van der Waals surface area contributed by atoms with E-state index in [0.29, 0.717) is 5.69 Å². The SMILES string of the molecule is CCOC(=O)/C(O)=C/c1ncc(-c2ccccc2)c2ccc(Br)cc12. The van der Waals surface area contributed by atoms with Crippen molar-refractivity contribution in [1.82, 2.24) is 4.98 Å². The van der Waals surface area contributed by atoms with Crippen molar-refractivity contribution in [3.8, 4) is 11.1 Å². The first-order valence-electron chi connectivity index (χ1n) is 7.81.